The van der Waals surface area contributed by atoms with Gasteiger partial charge in [0.25, 0.3) is 0 Å². The molecule has 0 heterocycles. The largest absolute Gasteiger partial charge is 0.150 e. The van der Waals surface area contributed by atoms with Crippen molar-refractivity contribution in [3.8, 4) is 0 Å². The van der Waals surface area contributed by atoms with Gasteiger partial charge in [-0.2, -0.15) is 0 Å². The molecule has 0 radical (unpaired) electrons. The fourth-order valence-electron chi connectivity index (χ4n) is 1.19. The van der Waals surface area contributed by atoms with Crippen LogP contribution in [0.15, 0.2) is 30.3 Å². The van der Waals surface area contributed by atoms with Gasteiger partial charge in [0, 0.05) is 0 Å². The second-order valence-electron chi connectivity index (χ2n) is 3.45. The lowest BCUT2D eigenvalue weighted by Gasteiger charge is -2.20. The molecule has 1 rings (SSSR count). The van der Waals surface area contributed by atoms with E-state index in [0.29, 0.717) is 0 Å². The van der Waals surface area contributed by atoms with Crippen LogP contribution in [0.1, 0.15) is 12.0 Å². The van der Waals surface area contributed by atoms with Crippen molar-refractivity contribution in [3.63, 3.8) is 0 Å². The van der Waals surface area contributed by atoms with Gasteiger partial charge < -0.3 is 0 Å². The van der Waals surface area contributed by atoms with Crippen LogP contribution in [-0.2, 0) is 6.42 Å². The number of aryl methyl sites for hydroxylation is 1. The minimum absolute atomic E-state index is 0.217. The van der Waals surface area contributed by atoms with Crippen LogP contribution in [0.3, 0.4) is 0 Å². The molecule has 76 valence electrons. The highest BCUT2D eigenvalue weighted by Gasteiger charge is 2.26. The minimum Gasteiger partial charge on any atom is -0.121 e. The summed E-state index contributed by atoms with van der Waals surface area (Å²) in [6.07, 6.45) is 1.69. The molecule has 4 heteroatoms. The first kappa shape index (κ1) is 12.2. The van der Waals surface area contributed by atoms with Crippen LogP contribution < -0.4 is 0 Å². The Morgan fingerprint density at radius 3 is 2.29 bits per heavy atom. The lowest BCUT2D eigenvalue weighted by Crippen LogP contribution is -2.27. The van der Waals surface area contributed by atoms with Crippen LogP contribution in [0.25, 0.3) is 0 Å². The summed E-state index contributed by atoms with van der Waals surface area (Å²) in [6, 6.07) is 10.2. The molecule has 0 aliphatic rings. The van der Waals surface area contributed by atoms with Gasteiger partial charge in [0.05, 0.1) is 9.61 Å². The Morgan fingerprint density at radius 2 is 1.79 bits per heavy atom. The molecule has 0 aliphatic heterocycles. The first-order chi connectivity index (χ1) is 6.50. The standard InChI is InChI=1S/C10H12BCl3/c11-10(13,14)9(12)7-6-8-4-2-1-3-5-8/h1-5,9H,6-7,11H2. The Morgan fingerprint density at radius 1 is 1.21 bits per heavy atom. The van der Waals surface area contributed by atoms with Crippen molar-refractivity contribution in [1.29, 1.82) is 0 Å². The summed E-state index contributed by atoms with van der Waals surface area (Å²) < 4.78 is -0.851. The molecule has 1 atom stereocenters. The molecule has 0 fully saturated rings. The highest BCUT2D eigenvalue weighted by Crippen LogP contribution is 2.28. The van der Waals surface area contributed by atoms with Gasteiger partial charge in [0.1, 0.15) is 0 Å². The summed E-state index contributed by atoms with van der Waals surface area (Å²) in [5.41, 5.74) is 1.26. The Bertz CT molecular complexity index is 268. The van der Waals surface area contributed by atoms with E-state index in [0.717, 1.165) is 12.8 Å². The second kappa shape index (κ2) is 5.30. The van der Waals surface area contributed by atoms with Gasteiger partial charge >= 0.3 is 0 Å². The maximum Gasteiger partial charge on any atom is 0.150 e. The molecule has 0 amide bonds. The highest BCUT2D eigenvalue weighted by atomic mass is 35.5. The maximum absolute atomic E-state index is 6.04. The van der Waals surface area contributed by atoms with E-state index >= 15 is 0 Å². The minimum atomic E-state index is -0.851. The van der Waals surface area contributed by atoms with Crippen LogP contribution in [0.5, 0.6) is 0 Å². The summed E-state index contributed by atoms with van der Waals surface area (Å²) in [5, 5.41) is -0.217. The molecular formula is C10H12BCl3. The molecule has 1 aromatic rings. The number of rotatable bonds is 4. The molecule has 0 nitrogen and oxygen atoms in total. The smallest absolute Gasteiger partial charge is 0.121 e. The topological polar surface area (TPSA) is 0 Å². The van der Waals surface area contributed by atoms with Crippen LogP contribution in [0.4, 0.5) is 0 Å². The lowest BCUT2D eigenvalue weighted by atomic mass is 9.95. The monoisotopic (exact) mass is 248 g/mol. The van der Waals surface area contributed by atoms with Crippen molar-refractivity contribution < 1.29 is 0 Å². The summed E-state index contributed by atoms with van der Waals surface area (Å²) in [5.74, 6) is 0. The van der Waals surface area contributed by atoms with Gasteiger partial charge in [0.15, 0.2) is 7.85 Å². The Kier molecular flexibility index (Phi) is 4.63. The van der Waals surface area contributed by atoms with Crippen molar-refractivity contribution in [2.75, 3.05) is 0 Å². The number of alkyl halides is 3. The summed E-state index contributed by atoms with van der Waals surface area (Å²) in [7, 11) is 1.72. The fraction of sp³-hybridized carbons (Fsp3) is 0.400. The van der Waals surface area contributed by atoms with Crippen molar-refractivity contribution >= 4 is 42.6 Å². The third-order valence-corrected chi connectivity index (χ3v) is 3.48. The third kappa shape index (κ3) is 4.12. The molecule has 0 saturated heterocycles. The molecule has 0 saturated carbocycles. The average molecular weight is 249 g/mol. The summed E-state index contributed by atoms with van der Waals surface area (Å²) >= 11 is 17.8. The molecule has 1 unspecified atom stereocenters. The van der Waals surface area contributed by atoms with Gasteiger partial charge in [0.2, 0.25) is 0 Å². The Balaban J connectivity index is 2.42. The number of benzene rings is 1. The zero-order valence-electron chi connectivity index (χ0n) is 8.01. The zero-order valence-corrected chi connectivity index (χ0v) is 10.3. The molecular weight excluding hydrogens is 237 g/mol. The first-order valence-electron chi connectivity index (χ1n) is 4.56. The summed E-state index contributed by atoms with van der Waals surface area (Å²) in [4.78, 5) is 0. The molecule has 0 aliphatic carbocycles. The van der Waals surface area contributed by atoms with Crippen molar-refractivity contribution in [2.24, 2.45) is 0 Å². The van der Waals surface area contributed by atoms with Crippen LogP contribution in [0.2, 0.25) is 0 Å². The SMILES string of the molecule is BC(Cl)(Cl)C(Cl)CCc1ccccc1. The highest BCUT2D eigenvalue weighted by molar-refractivity contribution is 6.67. The molecule has 1 aromatic carbocycles. The van der Waals surface area contributed by atoms with Gasteiger partial charge in [-0.3, -0.25) is 0 Å². The van der Waals surface area contributed by atoms with Crippen LogP contribution in [-0.4, -0.2) is 17.5 Å². The van der Waals surface area contributed by atoms with E-state index in [4.69, 9.17) is 34.8 Å². The number of halogens is 3. The molecule has 14 heavy (non-hydrogen) atoms. The van der Waals surface area contributed by atoms with Crippen LogP contribution in [0, 0.1) is 0 Å². The van der Waals surface area contributed by atoms with E-state index in [-0.39, 0.29) is 5.38 Å². The van der Waals surface area contributed by atoms with E-state index < -0.39 is 4.23 Å². The number of hydrogen-bond donors (Lipinski definition) is 0. The van der Waals surface area contributed by atoms with Gasteiger partial charge in [-0.15, -0.1) is 34.8 Å². The van der Waals surface area contributed by atoms with Gasteiger partial charge in [-0.1, -0.05) is 30.3 Å². The average Bonchev–Trinajstić information content (AvgIpc) is 2.14. The quantitative estimate of drug-likeness (QED) is 0.568. The predicted octanol–water partition coefficient (Wildman–Crippen LogP) is 2.99. The number of hydrogen-bond acceptors (Lipinski definition) is 0. The molecule has 0 N–H and O–H groups in total. The molecule has 0 spiro atoms. The maximum atomic E-state index is 6.04. The van der Waals surface area contributed by atoms with Crippen molar-refractivity contribution in [3.05, 3.63) is 35.9 Å². The van der Waals surface area contributed by atoms with E-state index in [1.54, 1.807) is 7.85 Å². The Labute approximate surface area is 101 Å². The van der Waals surface area contributed by atoms with Crippen molar-refractivity contribution in [2.45, 2.75) is 22.5 Å². The van der Waals surface area contributed by atoms with E-state index in [9.17, 15) is 0 Å². The predicted molar refractivity (Wildman–Crippen MR) is 67.4 cm³/mol. The zero-order chi connectivity index (χ0) is 10.6. The van der Waals surface area contributed by atoms with Gasteiger partial charge in [-0.05, 0) is 18.4 Å². The summed E-state index contributed by atoms with van der Waals surface area (Å²) in [6.45, 7) is 0. The normalized spacial score (nSPS) is 13.9. The lowest BCUT2D eigenvalue weighted by molar-refractivity contribution is 0.761. The van der Waals surface area contributed by atoms with E-state index in [2.05, 4.69) is 12.1 Å². The fourth-order valence-corrected chi connectivity index (χ4v) is 1.52. The molecule has 0 bridgehead atoms. The Hall–Kier alpha value is 0.155. The van der Waals surface area contributed by atoms with Gasteiger partial charge in [-0.25, -0.2) is 0 Å². The van der Waals surface area contributed by atoms with E-state index in [1.165, 1.54) is 5.56 Å². The first-order valence-corrected chi connectivity index (χ1v) is 5.75. The van der Waals surface area contributed by atoms with E-state index in [1.807, 2.05) is 18.2 Å². The van der Waals surface area contributed by atoms with Crippen molar-refractivity contribution in [1.82, 2.24) is 0 Å². The second-order valence-corrected chi connectivity index (χ2v) is 5.74. The third-order valence-electron chi connectivity index (χ3n) is 2.08. The van der Waals surface area contributed by atoms with Crippen LogP contribution >= 0.6 is 34.8 Å². The molecule has 0 aromatic heterocycles.